The maximum absolute atomic E-state index is 13.1. The lowest BCUT2D eigenvalue weighted by atomic mass is 10.1. The minimum Gasteiger partial charge on any atom is -0.326 e. The van der Waals surface area contributed by atoms with Crippen LogP contribution in [0.25, 0.3) is 0 Å². The third-order valence-corrected chi connectivity index (χ3v) is 4.28. The van der Waals surface area contributed by atoms with Gasteiger partial charge in [0.15, 0.2) is 0 Å². The molecule has 0 aromatic heterocycles. The Morgan fingerprint density at radius 1 is 1.12 bits per heavy atom. The second-order valence-corrected chi connectivity index (χ2v) is 6.30. The van der Waals surface area contributed by atoms with Gasteiger partial charge in [0, 0.05) is 22.9 Å². The van der Waals surface area contributed by atoms with Gasteiger partial charge in [0.2, 0.25) is 5.91 Å². The molecule has 4 nitrogen and oxygen atoms in total. The zero-order valence-corrected chi connectivity index (χ0v) is 13.6. The van der Waals surface area contributed by atoms with E-state index in [4.69, 9.17) is 0 Å². The second kappa shape index (κ2) is 6.43. The van der Waals surface area contributed by atoms with Crippen molar-refractivity contribution in [2.24, 2.45) is 11.8 Å². The molecule has 24 heavy (non-hydrogen) atoms. The van der Waals surface area contributed by atoms with Crippen LogP contribution in [0.1, 0.15) is 29.3 Å². The van der Waals surface area contributed by atoms with E-state index in [0.717, 1.165) is 6.42 Å². The number of benzene rings is 2. The predicted molar refractivity (Wildman–Crippen MR) is 91.4 cm³/mol. The van der Waals surface area contributed by atoms with Crippen molar-refractivity contribution >= 4 is 23.2 Å². The van der Waals surface area contributed by atoms with E-state index < -0.39 is 0 Å². The highest BCUT2D eigenvalue weighted by molar-refractivity contribution is 6.05. The highest BCUT2D eigenvalue weighted by Crippen LogP contribution is 2.38. The number of aryl methyl sites for hydroxylation is 1. The fourth-order valence-electron chi connectivity index (χ4n) is 2.62. The summed E-state index contributed by atoms with van der Waals surface area (Å²) >= 11 is 0. The summed E-state index contributed by atoms with van der Waals surface area (Å²) in [4.78, 5) is 24.4. The van der Waals surface area contributed by atoms with E-state index in [9.17, 15) is 14.0 Å². The lowest BCUT2D eigenvalue weighted by Crippen LogP contribution is -2.16. The maximum Gasteiger partial charge on any atom is 0.255 e. The Morgan fingerprint density at radius 2 is 1.88 bits per heavy atom. The minimum atomic E-state index is -0.343. The quantitative estimate of drug-likeness (QED) is 0.893. The molecule has 1 saturated carbocycles. The number of amides is 2. The molecule has 0 saturated heterocycles. The van der Waals surface area contributed by atoms with Crippen molar-refractivity contribution in [3.05, 3.63) is 59.4 Å². The third kappa shape index (κ3) is 3.62. The van der Waals surface area contributed by atoms with Crippen molar-refractivity contribution < 1.29 is 14.0 Å². The molecule has 2 atom stereocenters. The van der Waals surface area contributed by atoms with Crippen molar-refractivity contribution in [3.8, 4) is 0 Å². The number of hydrogen-bond donors (Lipinski definition) is 2. The Hall–Kier alpha value is -2.69. The summed E-state index contributed by atoms with van der Waals surface area (Å²) in [6.07, 6.45) is 0.913. The Labute approximate surface area is 140 Å². The van der Waals surface area contributed by atoms with Gasteiger partial charge in [0.05, 0.1) is 0 Å². The van der Waals surface area contributed by atoms with Gasteiger partial charge in [-0.3, -0.25) is 9.59 Å². The van der Waals surface area contributed by atoms with Crippen LogP contribution in [0.3, 0.4) is 0 Å². The van der Waals surface area contributed by atoms with Gasteiger partial charge in [-0.05, 0) is 61.2 Å². The first-order chi connectivity index (χ1) is 11.4. The molecule has 0 aliphatic heterocycles. The molecule has 2 N–H and O–H groups in total. The highest BCUT2D eigenvalue weighted by atomic mass is 19.1. The zero-order chi connectivity index (χ0) is 17.3. The SMILES string of the molecule is Cc1cc(F)ccc1NC(=O)c1cccc(NC(=O)C2CC2C)c1. The first kappa shape index (κ1) is 16.2. The van der Waals surface area contributed by atoms with Gasteiger partial charge in [-0.2, -0.15) is 0 Å². The molecule has 0 heterocycles. The average Bonchev–Trinajstić information content (AvgIpc) is 3.27. The normalized spacial score (nSPS) is 18.8. The summed E-state index contributed by atoms with van der Waals surface area (Å²) < 4.78 is 13.1. The van der Waals surface area contributed by atoms with Crippen LogP contribution < -0.4 is 10.6 Å². The van der Waals surface area contributed by atoms with E-state index in [2.05, 4.69) is 10.6 Å². The van der Waals surface area contributed by atoms with Crippen molar-refractivity contribution in [3.63, 3.8) is 0 Å². The Kier molecular flexibility index (Phi) is 4.34. The van der Waals surface area contributed by atoms with Gasteiger partial charge >= 0.3 is 0 Å². The summed E-state index contributed by atoms with van der Waals surface area (Å²) in [5.41, 5.74) is 2.24. The minimum absolute atomic E-state index is 0.00515. The first-order valence-electron chi connectivity index (χ1n) is 7.92. The molecule has 1 fully saturated rings. The van der Waals surface area contributed by atoms with Crippen LogP contribution in [0.15, 0.2) is 42.5 Å². The Balaban J connectivity index is 1.70. The summed E-state index contributed by atoms with van der Waals surface area (Å²) in [5.74, 6) is -0.151. The molecular weight excluding hydrogens is 307 g/mol. The lowest BCUT2D eigenvalue weighted by molar-refractivity contribution is -0.117. The smallest absolute Gasteiger partial charge is 0.255 e. The number of carbonyl (C=O) groups excluding carboxylic acids is 2. The molecule has 0 spiro atoms. The van der Waals surface area contributed by atoms with Gasteiger partial charge in [0.1, 0.15) is 5.82 Å². The maximum atomic E-state index is 13.1. The molecular formula is C19H19FN2O2. The molecule has 3 rings (SSSR count). The summed E-state index contributed by atoms with van der Waals surface area (Å²) in [6, 6.07) is 11.0. The fraction of sp³-hybridized carbons (Fsp3) is 0.263. The number of hydrogen-bond acceptors (Lipinski definition) is 2. The molecule has 1 aliphatic rings. The van der Waals surface area contributed by atoms with Crippen LogP contribution in [0.2, 0.25) is 0 Å². The van der Waals surface area contributed by atoms with Gasteiger partial charge in [-0.25, -0.2) is 4.39 Å². The summed E-state index contributed by atoms with van der Waals surface area (Å²) in [6.45, 7) is 3.77. The van der Waals surface area contributed by atoms with E-state index >= 15 is 0 Å². The largest absolute Gasteiger partial charge is 0.326 e. The monoisotopic (exact) mass is 326 g/mol. The highest BCUT2D eigenvalue weighted by Gasteiger charge is 2.39. The number of anilines is 2. The molecule has 2 unspecified atom stereocenters. The molecule has 0 radical (unpaired) electrons. The van der Waals surface area contributed by atoms with E-state index in [0.29, 0.717) is 28.4 Å². The second-order valence-electron chi connectivity index (χ2n) is 6.30. The topological polar surface area (TPSA) is 58.2 Å². The van der Waals surface area contributed by atoms with E-state index in [-0.39, 0.29) is 23.5 Å². The van der Waals surface area contributed by atoms with E-state index in [1.54, 1.807) is 31.2 Å². The van der Waals surface area contributed by atoms with E-state index in [1.165, 1.54) is 18.2 Å². The van der Waals surface area contributed by atoms with Crippen molar-refractivity contribution in [1.29, 1.82) is 0 Å². The average molecular weight is 326 g/mol. The third-order valence-electron chi connectivity index (χ3n) is 4.28. The van der Waals surface area contributed by atoms with Crippen LogP contribution >= 0.6 is 0 Å². The molecule has 2 amide bonds. The molecule has 5 heteroatoms. The van der Waals surface area contributed by atoms with Gasteiger partial charge in [-0.15, -0.1) is 0 Å². The van der Waals surface area contributed by atoms with Crippen LogP contribution in [-0.2, 0) is 4.79 Å². The molecule has 1 aliphatic carbocycles. The van der Waals surface area contributed by atoms with Crippen molar-refractivity contribution in [1.82, 2.24) is 0 Å². The lowest BCUT2D eigenvalue weighted by Gasteiger charge is -2.10. The number of carbonyl (C=O) groups is 2. The molecule has 124 valence electrons. The van der Waals surface area contributed by atoms with Crippen LogP contribution in [0.5, 0.6) is 0 Å². The van der Waals surface area contributed by atoms with Crippen molar-refractivity contribution in [2.45, 2.75) is 20.3 Å². The summed E-state index contributed by atoms with van der Waals surface area (Å²) in [5, 5.41) is 5.60. The van der Waals surface area contributed by atoms with Gasteiger partial charge < -0.3 is 10.6 Å². The first-order valence-corrected chi connectivity index (χ1v) is 7.92. The molecule has 0 bridgehead atoms. The van der Waals surface area contributed by atoms with Crippen LogP contribution in [0, 0.1) is 24.6 Å². The number of nitrogens with one attached hydrogen (secondary N) is 2. The standard InChI is InChI=1S/C19H19FN2O2/c1-11-9-16(11)19(24)21-15-5-3-4-13(10-15)18(23)22-17-7-6-14(20)8-12(17)2/h3-8,10-11,16H,9H2,1-2H3,(H,21,24)(H,22,23). The van der Waals surface area contributed by atoms with Crippen LogP contribution in [-0.4, -0.2) is 11.8 Å². The van der Waals surface area contributed by atoms with E-state index in [1.807, 2.05) is 6.92 Å². The molecule has 2 aromatic carbocycles. The number of halogens is 1. The zero-order valence-electron chi connectivity index (χ0n) is 13.6. The summed E-state index contributed by atoms with van der Waals surface area (Å²) in [7, 11) is 0. The number of rotatable bonds is 4. The van der Waals surface area contributed by atoms with Gasteiger partial charge in [0.25, 0.3) is 5.91 Å². The van der Waals surface area contributed by atoms with Crippen molar-refractivity contribution in [2.75, 3.05) is 10.6 Å². The fourth-order valence-corrected chi connectivity index (χ4v) is 2.62. The Bertz CT molecular complexity index is 804. The molecule has 2 aromatic rings. The predicted octanol–water partition coefficient (Wildman–Crippen LogP) is 3.98. The Morgan fingerprint density at radius 3 is 2.54 bits per heavy atom. The van der Waals surface area contributed by atoms with Crippen LogP contribution in [0.4, 0.5) is 15.8 Å². The van der Waals surface area contributed by atoms with Gasteiger partial charge in [-0.1, -0.05) is 13.0 Å².